The Balaban J connectivity index is 1.87. The van der Waals surface area contributed by atoms with Crippen LogP contribution in [0.3, 0.4) is 0 Å². The van der Waals surface area contributed by atoms with Crippen LogP contribution in [0.1, 0.15) is 28.8 Å². The van der Waals surface area contributed by atoms with Crippen molar-refractivity contribution < 1.29 is 0 Å². The molecular weight excluding hydrogens is 367 g/mol. The van der Waals surface area contributed by atoms with Gasteiger partial charge in [0.1, 0.15) is 28.8 Å². The van der Waals surface area contributed by atoms with Crippen molar-refractivity contribution in [2.24, 2.45) is 0 Å². The number of benzene rings is 4. The highest BCUT2D eigenvalue weighted by atomic mass is 31.2. The molecule has 0 amide bonds. The maximum absolute atomic E-state index is 2.45. The SMILES string of the molecule is Cc1ccc2c(c1)C([P+](c1ccccc1)(c1ccccc1)c1ccccc1)CC2. The molecule has 0 bridgehead atoms. The molecule has 0 nitrogen and oxygen atoms in total. The molecule has 1 aliphatic carbocycles. The van der Waals surface area contributed by atoms with Gasteiger partial charge in [0.25, 0.3) is 0 Å². The summed E-state index contributed by atoms with van der Waals surface area (Å²) in [4.78, 5) is 0. The predicted octanol–water partition coefficient (Wildman–Crippen LogP) is 5.98. The van der Waals surface area contributed by atoms with Gasteiger partial charge in [0, 0.05) is 0 Å². The lowest BCUT2D eigenvalue weighted by Gasteiger charge is -2.33. The van der Waals surface area contributed by atoms with Crippen molar-refractivity contribution in [3.63, 3.8) is 0 Å². The van der Waals surface area contributed by atoms with Crippen LogP contribution >= 0.6 is 7.26 Å². The van der Waals surface area contributed by atoms with Crippen molar-refractivity contribution in [2.75, 3.05) is 0 Å². The van der Waals surface area contributed by atoms with E-state index in [1.54, 1.807) is 5.56 Å². The zero-order valence-electron chi connectivity index (χ0n) is 16.8. The zero-order valence-corrected chi connectivity index (χ0v) is 17.7. The first kappa shape index (κ1) is 18.3. The average Bonchev–Trinajstić information content (AvgIpc) is 3.20. The quantitative estimate of drug-likeness (QED) is 0.374. The van der Waals surface area contributed by atoms with Crippen LogP contribution in [0.15, 0.2) is 109 Å². The number of hydrogen-bond donors (Lipinski definition) is 0. The summed E-state index contributed by atoms with van der Waals surface area (Å²) in [5, 5.41) is 4.45. The molecule has 1 aliphatic rings. The van der Waals surface area contributed by atoms with Crippen molar-refractivity contribution in [3.05, 3.63) is 126 Å². The summed E-state index contributed by atoms with van der Waals surface area (Å²) in [6.45, 7) is 2.23. The number of aryl methyl sites for hydroxylation is 2. The first-order chi connectivity index (χ1) is 14.3. The van der Waals surface area contributed by atoms with Crippen molar-refractivity contribution in [2.45, 2.75) is 25.4 Å². The van der Waals surface area contributed by atoms with Crippen LogP contribution in [-0.4, -0.2) is 0 Å². The second-order valence-corrected chi connectivity index (χ2v) is 11.6. The molecule has 0 spiro atoms. The Morgan fingerprint density at radius 3 is 1.59 bits per heavy atom. The molecule has 0 heterocycles. The molecule has 0 radical (unpaired) electrons. The van der Waals surface area contributed by atoms with Crippen molar-refractivity contribution in [3.8, 4) is 0 Å². The topological polar surface area (TPSA) is 0 Å². The Labute approximate surface area is 174 Å². The second-order valence-electron chi connectivity index (χ2n) is 7.99. The standard InChI is InChI=1S/C28H26P/c1-22-17-18-23-19-20-28(27(23)21-22)29(24-11-5-2-6-12-24,25-13-7-3-8-14-25)26-15-9-4-10-16-26/h2-18,21,28H,19-20H2,1H3/q+1. The van der Waals surface area contributed by atoms with Crippen LogP contribution in [-0.2, 0) is 6.42 Å². The Kier molecular flexibility index (Phi) is 4.82. The number of rotatable bonds is 4. The van der Waals surface area contributed by atoms with E-state index in [0.717, 1.165) is 0 Å². The molecule has 0 fully saturated rings. The first-order valence-corrected chi connectivity index (χ1v) is 12.3. The summed E-state index contributed by atoms with van der Waals surface area (Å²) >= 11 is 0. The minimum absolute atomic E-state index is 0.518. The molecule has 1 unspecified atom stereocenters. The van der Waals surface area contributed by atoms with E-state index in [-0.39, 0.29) is 0 Å². The van der Waals surface area contributed by atoms with Crippen molar-refractivity contribution >= 4 is 23.2 Å². The fraction of sp³-hybridized carbons (Fsp3) is 0.143. The molecule has 0 saturated carbocycles. The van der Waals surface area contributed by atoms with Crippen LogP contribution in [0.25, 0.3) is 0 Å². The fourth-order valence-corrected chi connectivity index (χ4v) is 10.2. The lowest BCUT2D eigenvalue weighted by molar-refractivity contribution is 0.880. The molecular formula is C28H26P+. The first-order valence-electron chi connectivity index (χ1n) is 10.4. The van der Waals surface area contributed by atoms with Gasteiger partial charge in [-0.2, -0.15) is 0 Å². The Hall–Kier alpha value is -2.69. The summed E-state index contributed by atoms with van der Waals surface area (Å²) in [6, 6.07) is 40.9. The van der Waals surface area contributed by atoms with Gasteiger partial charge in [-0.25, -0.2) is 0 Å². The summed E-state index contributed by atoms with van der Waals surface area (Å²) in [7, 11) is -1.85. The molecule has 5 rings (SSSR count). The van der Waals surface area contributed by atoms with E-state index in [0.29, 0.717) is 5.66 Å². The minimum Gasteiger partial charge on any atom is -0.0620 e. The van der Waals surface area contributed by atoms with Crippen molar-refractivity contribution in [1.29, 1.82) is 0 Å². The molecule has 4 aromatic carbocycles. The third-order valence-corrected chi connectivity index (χ3v) is 11.1. The normalized spacial score (nSPS) is 15.8. The van der Waals surface area contributed by atoms with Crippen LogP contribution in [0.4, 0.5) is 0 Å². The Morgan fingerprint density at radius 1 is 0.621 bits per heavy atom. The van der Waals surface area contributed by atoms with E-state index in [2.05, 4.69) is 116 Å². The molecule has 0 aliphatic heterocycles. The summed E-state index contributed by atoms with van der Waals surface area (Å²) in [5.41, 5.74) is 4.98. The molecule has 142 valence electrons. The monoisotopic (exact) mass is 393 g/mol. The van der Waals surface area contributed by atoms with E-state index >= 15 is 0 Å². The minimum atomic E-state index is -1.85. The lowest BCUT2D eigenvalue weighted by atomic mass is 10.1. The van der Waals surface area contributed by atoms with Crippen LogP contribution in [0.2, 0.25) is 0 Å². The molecule has 1 atom stereocenters. The molecule has 4 aromatic rings. The van der Waals surface area contributed by atoms with Gasteiger partial charge in [-0.05, 0) is 67.3 Å². The van der Waals surface area contributed by atoms with E-state index < -0.39 is 7.26 Å². The van der Waals surface area contributed by atoms with Gasteiger partial charge in [-0.3, -0.25) is 0 Å². The van der Waals surface area contributed by atoms with Gasteiger partial charge in [-0.1, -0.05) is 78.4 Å². The number of hydrogen-bond acceptors (Lipinski definition) is 0. The van der Waals surface area contributed by atoms with Gasteiger partial charge in [-0.15, -0.1) is 0 Å². The van der Waals surface area contributed by atoms with Crippen LogP contribution in [0, 0.1) is 6.92 Å². The third-order valence-electron chi connectivity index (χ3n) is 6.31. The van der Waals surface area contributed by atoms with Gasteiger partial charge in [0.05, 0.1) is 0 Å². The third kappa shape index (κ3) is 3.04. The molecule has 0 saturated heterocycles. The van der Waals surface area contributed by atoms with Gasteiger partial charge < -0.3 is 0 Å². The number of fused-ring (bicyclic) bond motifs is 1. The van der Waals surface area contributed by atoms with Gasteiger partial charge >= 0.3 is 0 Å². The van der Waals surface area contributed by atoms with E-state index in [9.17, 15) is 0 Å². The zero-order chi connectivity index (χ0) is 19.7. The van der Waals surface area contributed by atoms with E-state index in [4.69, 9.17) is 0 Å². The highest BCUT2D eigenvalue weighted by Gasteiger charge is 2.54. The Morgan fingerprint density at radius 2 is 1.10 bits per heavy atom. The molecule has 1 heteroatoms. The summed E-state index contributed by atoms with van der Waals surface area (Å²) in [6.07, 6.45) is 2.39. The highest BCUT2D eigenvalue weighted by Crippen LogP contribution is 2.70. The van der Waals surface area contributed by atoms with E-state index in [1.807, 2.05) is 0 Å². The summed E-state index contributed by atoms with van der Waals surface area (Å²) < 4.78 is 0. The average molecular weight is 393 g/mol. The maximum atomic E-state index is 2.45. The fourth-order valence-electron chi connectivity index (χ4n) is 5.08. The second kappa shape index (κ2) is 7.62. The maximum Gasteiger partial charge on any atom is 0.119 e. The lowest BCUT2D eigenvalue weighted by Crippen LogP contribution is -2.34. The van der Waals surface area contributed by atoms with Crippen LogP contribution in [0.5, 0.6) is 0 Å². The molecule has 29 heavy (non-hydrogen) atoms. The van der Waals surface area contributed by atoms with Gasteiger partial charge in [0.2, 0.25) is 0 Å². The smallest absolute Gasteiger partial charge is 0.0620 e. The van der Waals surface area contributed by atoms with Crippen molar-refractivity contribution in [1.82, 2.24) is 0 Å². The van der Waals surface area contributed by atoms with Gasteiger partial charge in [0.15, 0.2) is 0 Å². The Bertz CT molecular complexity index is 1000. The largest absolute Gasteiger partial charge is 0.119 e. The van der Waals surface area contributed by atoms with Crippen LogP contribution < -0.4 is 15.9 Å². The molecule has 0 N–H and O–H groups in total. The highest BCUT2D eigenvalue weighted by molar-refractivity contribution is 7.96. The van der Waals surface area contributed by atoms with E-state index in [1.165, 1.54) is 39.9 Å². The summed E-state index contributed by atoms with van der Waals surface area (Å²) in [5.74, 6) is 0. The molecule has 0 aromatic heterocycles. The predicted molar refractivity (Wildman–Crippen MR) is 127 cm³/mol.